The number of esters is 1. The Morgan fingerprint density at radius 3 is 2.72 bits per heavy atom. The molecule has 1 fully saturated rings. The molecule has 1 aliphatic rings. The van der Waals surface area contributed by atoms with Crippen LogP contribution in [0, 0.1) is 5.92 Å². The van der Waals surface area contributed by atoms with E-state index in [1.54, 1.807) is 12.1 Å². The fraction of sp³-hybridized carbons (Fsp3) is 0.615. The van der Waals surface area contributed by atoms with Crippen molar-refractivity contribution in [3.63, 3.8) is 0 Å². The lowest BCUT2D eigenvalue weighted by molar-refractivity contribution is 0.0593. The highest BCUT2D eigenvalue weighted by atomic mass is 16.5. The number of nitrogens with one attached hydrogen (secondary N) is 1. The molecule has 2 rings (SSSR count). The van der Waals surface area contributed by atoms with Gasteiger partial charge in [0.05, 0.1) is 7.11 Å². The van der Waals surface area contributed by atoms with E-state index in [4.69, 9.17) is 0 Å². The van der Waals surface area contributed by atoms with Gasteiger partial charge in [0, 0.05) is 6.04 Å². The minimum atomic E-state index is -0.458. The number of aromatic nitrogens is 2. The van der Waals surface area contributed by atoms with Gasteiger partial charge in [-0.3, -0.25) is 0 Å². The number of nitrogens with zero attached hydrogens (tertiary/aromatic N) is 2. The second kappa shape index (κ2) is 5.80. The van der Waals surface area contributed by atoms with Crippen LogP contribution < -0.4 is 5.32 Å². The molecule has 1 aliphatic carbocycles. The summed E-state index contributed by atoms with van der Waals surface area (Å²) in [7, 11) is 1.33. The molecule has 0 aromatic carbocycles. The van der Waals surface area contributed by atoms with E-state index in [0.29, 0.717) is 12.0 Å². The first-order valence-corrected chi connectivity index (χ1v) is 6.39. The fourth-order valence-corrected chi connectivity index (χ4v) is 2.34. The van der Waals surface area contributed by atoms with Crippen LogP contribution in [0.5, 0.6) is 0 Å². The Hall–Kier alpha value is -1.65. The van der Waals surface area contributed by atoms with Gasteiger partial charge in [0.15, 0.2) is 5.69 Å². The number of rotatable bonds is 3. The van der Waals surface area contributed by atoms with Crippen LogP contribution in [0.3, 0.4) is 0 Å². The molecule has 18 heavy (non-hydrogen) atoms. The average Bonchev–Trinajstić information content (AvgIpc) is 2.41. The van der Waals surface area contributed by atoms with Crippen LogP contribution in [0.25, 0.3) is 0 Å². The molecule has 0 unspecified atom stereocenters. The molecule has 5 heteroatoms. The lowest BCUT2D eigenvalue weighted by atomic mass is 9.86. The highest BCUT2D eigenvalue weighted by Crippen LogP contribution is 2.26. The lowest BCUT2D eigenvalue weighted by Crippen LogP contribution is -2.30. The van der Waals surface area contributed by atoms with Crippen LogP contribution in [0.2, 0.25) is 0 Å². The van der Waals surface area contributed by atoms with E-state index in [9.17, 15) is 4.79 Å². The molecule has 98 valence electrons. The second-order valence-electron chi connectivity index (χ2n) is 4.81. The standard InChI is InChI=1S/C13H19N3O2/c1-9-5-3-4-6-10(9)14-12-8-7-11(15-16-12)13(17)18-2/h7-10H,3-6H2,1-2H3,(H,14,16)/t9-,10-/m0/s1. The van der Waals surface area contributed by atoms with E-state index < -0.39 is 5.97 Å². The maximum absolute atomic E-state index is 11.2. The topological polar surface area (TPSA) is 64.1 Å². The van der Waals surface area contributed by atoms with E-state index in [1.807, 2.05) is 0 Å². The highest BCUT2D eigenvalue weighted by molar-refractivity contribution is 5.86. The van der Waals surface area contributed by atoms with E-state index in [0.717, 1.165) is 5.82 Å². The first-order chi connectivity index (χ1) is 8.70. The maximum Gasteiger partial charge on any atom is 0.358 e. The molecule has 1 saturated carbocycles. The summed E-state index contributed by atoms with van der Waals surface area (Å²) >= 11 is 0. The molecule has 0 bridgehead atoms. The Kier molecular flexibility index (Phi) is 4.12. The third-order valence-electron chi connectivity index (χ3n) is 3.50. The summed E-state index contributed by atoms with van der Waals surface area (Å²) < 4.78 is 4.58. The average molecular weight is 249 g/mol. The van der Waals surface area contributed by atoms with Crippen LogP contribution in [0.15, 0.2) is 12.1 Å². The molecular formula is C13H19N3O2. The number of ether oxygens (including phenoxy) is 1. The quantitative estimate of drug-likeness (QED) is 0.832. The van der Waals surface area contributed by atoms with Crippen molar-refractivity contribution in [1.82, 2.24) is 10.2 Å². The van der Waals surface area contributed by atoms with Gasteiger partial charge < -0.3 is 10.1 Å². The smallest absolute Gasteiger partial charge is 0.358 e. The van der Waals surface area contributed by atoms with Crippen molar-refractivity contribution >= 4 is 11.8 Å². The number of carbonyl (C=O) groups is 1. The summed E-state index contributed by atoms with van der Waals surface area (Å²) in [5.41, 5.74) is 0.236. The normalized spacial score (nSPS) is 23.4. The molecule has 5 nitrogen and oxygen atoms in total. The van der Waals surface area contributed by atoms with Gasteiger partial charge in [0.25, 0.3) is 0 Å². The Bertz CT molecular complexity index is 405. The van der Waals surface area contributed by atoms with Gasteiger partial charge >= 0.3 is 5.97 Å². The molecule has 0 saturated heterocycles. The number of methoxy groups -OCH3 is 1. The first kappa shape index (κ1) is 12.8. The molecule has 0 amide bonds. The van der Waals surface area contributed by atoms with Gasteiger partial charge in [-0.1, -0.05) is 19.8 Å². The molecule has 0 aliphatic heterocycles. The van der Waals surface area contributed by atoms with Crippen LogP contribution >= 0.6 is 0 Å². The summed E-state index contributed by atoms with van der Waals surface area (Å²) in [4.78, 5) is 11.2. The fourth-order valence-electron chi connectivity index (χ4n) is 2.34. The number of carbonyl (C=O) groups excluding carboxylic acids is 1. The van der Waals surface area contributed by atoms with E-state index in [-0.39, 0.29) is 5.69 Å². The summed E-state index contributed by atoms with van der Waals surface area (Å²) in [6.45, 7) is 2.26. The van der Waals surface area contributed by atoms with Gasteiger partial charge in [-0.05, 0) is 30.9 Å². The number of hydrogen-bond donors (Lipinski definition) is 1. The second-order valence-corrected chi connectivity index (χ2v) is 4.81. The third-order valence-corrected chi connectivity index (χ3v) is 3.50. The Morgan fingerprint density at radius 2 is 2.11 bits per heavy atom. The monoisotopic (exact) mass is 249 g/mol. The molecule has 1 aromatic rings. The van der Waals surface area contributed by atoms with Crippen LogP contribution in [-0.2, 0) is 4.74 Å². The van der Waals surface area contributed by atoms with Crippen LogP contribution in [0.1, 0.15) is 43.1 Å². The number of anilines is 1. The summed E-state index contributed by atoms with van der Waals surface area (Å²) in [5.74, 6) is 0.919. The number of hydrogen-bond acceptors (Lipinski definition) is 5. The predicted molar refractivity (Wildman–Crippen MR) is 68.4 cm³/mol. The van der Waals surface area contributed by atoms with Crippen molar-refractivity contribution in [2.45, 2.75) is 38.6 Å². The van der Waals surface area contributed by atoms with Crippen LogP contribution in [-0.4, -0.2) is 29.3 Å². The van der Waals surface area contributed by atoms with Crippen molar-refractivity contribution in [1.29, 1.82) is 0 Å². The van der Waals surface area contributed by atoms with Crippen molar-refractivity contribution in [2.24, 2.45) is 5.92 Å². The van der Waals surface area contributed by atoms with Gasteiger partial charge in [-0.25, -0.2) is 4.79 Å². The van der Waals surface area contributed by atoms with Crippen molar-refractivity contribution in [3.05, 3.63) is 17.8 Å². The van der Waals surface area contributed by atoms with Gasteiger partial charge in [-0.15, -0.1) is 10.2 Å². The minimum absolute atomic E-state index is 0.236. The highest BCUT2D eigenvalue weighted by Gasteiger charge is 2.21. The van der Waals surface area contributed by atoms with E-state index in [1.165, 1.54) is 32.8 Å². The van der Waals surface area contributed by atoms with Gasteiger partial charge in [0.2, 0.25) is 0 Å². The van der Waals surface area contributed by atoms with E-state index in [2.05, 4.69) is 27.2 Å². The lowest BCUT2D eigenvalue weighted by Gasteiger charge is -2.29. The largest absolute Gasteiger partial charge is 0.464 e. The first-order valence-electron chi connectivity index (χ1n) is 6.39. The molecular weight excluding hydrogens is 230 g/mol. The Labute approximate surface area is 107 Å². The Morgan fingerprint density at radius 1 is 1.33 bits per heavy atom. The third kappa shape index (κ3) is 2.97. The molecule has 0 spiro atoms. The zero-order chi connectivity index (χ0) is 13.0. The summed E-state index contributed by atoms with van der Waals surface area (Å²) in [5, 5.41) is 11.3. The molecule has 1 N–H and O–H groups in total. The van der Waals surface area contributed by atoms with Crippen molar-refractivity contribution < 1.29 is 9.53 Å². The summed E-state index contributed by atoms with van der Waals surface area (Å²) in [6, 6.07) is 3.87. The van der Waals surface area contributed by atoms with Gasteiger partial charge in [0.1, 0.15) is 5.82 Å². The maximum atomic E-state index is 11.2. The van der Waals surface area contributed by atoms with Gasteiger partial charge in [-0.2, -0.15) is 0 Å². The zero-order valence-corrected chi connectivity index (χ0v) is 10.8. The van der Waals surface area contributed by atoms with Crippen molar-refractivity contribution in [3.8, 4) is 0 Å². The summed E-state index contributed by atoms with van der Waals surface area (Å²) in [6.07, 6.45) is 4.99. The van der Waals surface area contributed by atoms with E-state index >= 15 is 0 Å². The molecule has 1 heterocycles. The predicted octanol–water partition coefficient (Wildman–Crippen LogP) is 2.25. The van der Waals surface area contributed by atoms with Crippen LogP contribution in [0.4, 0.5) is 5.82 Å². The molecule has 2 atom stereocenters. The molecule has 1 aromatic heterocycles. The minimum Gasteiger partial charge on any atom is -0.464 e. The van der Waals surface area contributed by atoms with Crippen molar-refractivity contribution in [2.75, 3.05) is 12.4 Å². The molecule has 0 radical (unpaired) electrons. The Balaban J connectivity index is 1.99. The zero-order valence-electron chi connectivity index (χ0n) is 10.8. The SMILES string of the molecule is COC(=O)c1ccc(N[C@H]2CCCC[C@@H]2C)nn1.